The molecule has 0 aliphatic rings. The number of hydrogen-bond acceptors (Lipinski definition) is 4. The molecule has 0 amide bonds. The second-order valence-corrected chi connectivity index (χ2v) is 4.26. The summed E-state index contributed by atoms with van der Waals surface area (Å²) in [6.07, 6.45) is 1.51. The van der Waals surface area contributed by atoms with E-state index in [-0.39, 0.29) is 0 Å². The van der Waals surface area contributed by atoms with Crippen molar-refractivity contribution < 1.29 is 9.47 Å². The highest BCUT2D eigenvalue weighted by Gasteiger charge is 2.07. The van der Waals surface area contributed by atoms with Gasteiger partial charge in [-0.3, -0.25) is 4.68 Å². The molecule has 5 nitrogen and oxygen atoms in total. The van der Waals surface area contributed by atoms with Crippen molar-refractivity contribution in [3.05, 3.63) is 35.9 Å². The van der Waals surface area contributed by atoms with E-state index in [9.17, 15) is 0 Å². The molecule has 2 aromatic rings. The Morgan fingerprint density at radius 2 is 2.22 bits per heavy atom. The van der Waals surface area contributed by atoms with Gasteiger partial charge in [-0.15, -0.1) is 0 Å². The molecule has 1 aromatic heterocycles. The standard InChI is InChI=1S/C12H14BrN3O2/c1-16-12(14-8-15-16)7-18-11-5-10(17-2)4-3-9(11)6-13/h3-5,8H,6-7H2,1-2H3. The summed E-state index contributed by atoms with van der Waals surface area (Å²) in [6.45, 7) is 0.379. The zero-order chi connectivity index (χ0) is 13.0. The lowest BCUT2D eigenvalue weighted by atomic mass is 10.2. The summed E-state index contributed by atoms with van der Waals surface area (Å²) in [6, 6.07) is 5.75. The number of alkyl halides is 1. The van der Waals surface area contributed by atoms with Crippen LogP contribution in [-0.4, -0.2) is 21.9 Å². The number of hydrogen-bond donors (Lipinski definition) is 0. The van der Waals surface area contributed by atoms with Gasteiger partial charge in [-0.1, -0.05) is 22.0 Å². The molecule has 0 saturated heterocycles. The fraction of sp³-hybridized carbons (Fsp3) is 0.333. The summed E-state index contributed by atoms with van der Waals surface area (Å²) in [5.74, 6) is 2.33. The molecule has 0 bridgehead atoms. The molecular weight excluding hydrogens is 298 g/mol. The van der Waals surface area contributed by atoms with E-state index in [2.05, 4.69) is 26.0 Å². The highest BCUT2D eigenvalue weighted by atomic mass is 79.9. The van der Waals surface area contributed by atoms with Crippen LogP contribution in [0.1, 0.15) is 11.4 Å². The summed E-state index contributed by atoms with van der Waals surface area (Å²) in [4.78, 5) is 4.11. The highest BCUT2D eigenvalue weighted by Crippen LogP contribution is 2.27. The van der Waals surface area contributed by atoms with Crippen molar-refractivity contribution in [1.29, 1.82) is 0 Å². The Morgan fingerprint density at radius 3 is 2.83 bits per heavy atom. The molecule has 0 N–H and O–H groups in total. The lowest BCUT2D eigenvalue weighted by Crippen LogP contribution is -2.05. The van der Waals surface area contributed by atoms with E-state index < -0.39 is 0 Å². The predicted molar refractivity (Wildman–Crippen MR) is 71.0 cm³/mol. The van der Waals surface area contributed by atoms with Crippen LogP contribution in [0.3, 0.4) is 0 Å². The van der Waals surface area contributed by atoms with Gasteiger partial charge in [0.2, 0.25) is 0 Å². The summed E-state index contributed by atoms with van der Waals surface area (Å²) < 4.78 is 12.6. The normalized spacial score (nSPS) is 10.4. The number of rotatable bonds is 5. The number of halogens is 1. The fourth-order valence-electron chi connectivity index (χ4n) is 1.50. The van der Waals surface area contributed by atoms with Gasteiger partial charge in [0.15, 0.2) is 5.82 Å². The van der Waals surface area contributed by atoms with Crippen LogP contribution in [0.2, 0.25) is 0 Å². The van der Waals surface area contributed by atoms with Crippen molar-refractivity contribution in [2.75, 3.05) is 7.11 Å². The first kappa shape index (κ1) is 12.9. The molecule has 0 unspecified atom stereocenters. The minimum atomic E-state index is 0.379. The zero-order valence-electron chi connectivity index (χ0n) is 10.3. The van der Waals surface area contributed by atoms with Crippen molar-refractivity contribution >= 4 is 15.9 Å². The Balaban J connectivity index is 2.14. The number of nitrogens with zero attached hydrogens (tertiary/aromatic N) is 3. The first-order chi connectivity index (χ1) is 8.74. The maximum Gasteiger partial charge on any atom is 0.164 e. The van der Waals surface area contributed by atoms with Gasteiger partial charge in [0.1, 0.15) is 24.4 Å². The van der Waals surface area contributed by atoms with E-state index in [0.29, 0.717) is 6.61 Å². The Hall–Kier alpha value is -1.56. The number of benzene rings is 1. The number of aryl methyl sites for hydroxylation is 1. The Morgan fingerprint density at radius 1 is 1.39 bits per heavy atom. The quantitative estimate of drug-likeness (QED) is 0.795. The smallest absolute Gasteiger partial charge is 0.164 e. The molecule has 0 aliphatic carbocycles. The van der Waals surface area contributed by atoms with Gasteiger partial charge in [-0.25, -0.2) is 4.98 Å². The second kappa shape index (κ2) is 5.86. The van der Waals surface area contributed by atoms with E-state index in [1.807, 2.05) is 25.2 Å². The molecule has 0 saturated carbocycles. The van der Waals surface area contributed by atoms with Gasteiger partial charge in [-0.2, -0.15) is 5.10 Å². The summed E-state index contributed by atoms with van der Waals surface area (Å²) in [5.41, 5.74) is 1.07. The molecule has 2 rings (SSSR count). The average molecular weight is 312 g/mol. The van der Waals surface area contributed by atoms with E-state index in [1.165, 1.54) is 6.33 Å². The van der Waals surface area contributed by atoms with Crippen LogP contribution in [0.15, 0.2) is 24.5 Å². The summed E-state index contributed by atoms with van der Waals surface area (Å²) in [7, 11) is 3.47. The molecule has 0 aliphatic heterocycles. The van der Waals surface area contributed by atoms with Crippen molar-refractivity contribution in [2.45, 2.75) is 11.9 Å². The SMILES string of the molecule is COc1ccc(CBr)c(OCc2ncnn2C)c1. The Labute approximate surface area is 114 Å². The van der Waals surface area contributed by atoms with Crippen LogP contribution in [-0.2, 0) is 19.0 Å². The molecule has 6 heteroatoms. The molecule has 0 fully saturated rings. The first-order valence-corrected chi connectivity index (χ1v) is 6.55. The average Bonchev–Trinajstić information content (AvgIpc) is 2.81. The topological polar surface area (TPSA) is 49.2 Å². The lowest BCUT2D eigenvalue weighted by Gasteiger charge is -2.11. The minimum Gasteiger partial charge on any atom is -0.497 e. The van der Waals surface area contributed by atoms with Crippen molar-refractivity contribution in [3.8, 4) is 11.5 Å². The zero-order valence-corrected chi connectivity index (χ0v) is 11.8. The van der Waals surface area contributed by atoms with Crippen molar-refractivity contribution in [1.82, 2.24) is 14.8 Å². The van der Waals surface area contributed by atoms with Crippen molar-refractivity contribution in [2.24, 2.45) is 7.05 Å². The van der Waals surface area contributed by atoms with Crippen LogP contribution >= 0.6 is 15.9 Å². The summed E-state index contributed by atoms with van der Waals surface area (Å²) in [5, 5.41) is 4.72. The van der Waals surface area contributed by atoms with E-state index in [1.54, 1.807) is 11.8 Å². The monoisotopic (exact) mass is 311 g/mol. The van der Waals surface area contributed by atoms with Gasteiger partial charge in [-0.05, 0) is 6.07 Å². The maximum absolute atomic E-state index is 5.76. The van der Waals surface area contributed by atoms with Gasteiger partial charge in [0.05, 0.1) is 7.11 Å². The van der Waals surface area contributed by atoms with E-state index >= 15 is 0 Å². The number of methoxy groups -OCH3 is 1. The summed E-state index contributed by atoms with van der Waals surface area (Å²) >= 11 is 3.43. The molecule has 0 radical (unpaired) electrons. The van der Waals surface area contributed by atoms with Crippen LogP contribution in [0.25, 0.3) is 0 Å². The van der Waals surface area contributed by atoms with Gasteiger partial charge in [0.25, 0.3) is 0 Å². The van der Waals surface area contributed by atoms with Gasteiger partial charge < -0.3 is 9.47 Å². The van der Waals surface area contributed by atoms with Crippen LogP contribution in [0.5, 0.6) is 11.5 Å². The molecule has 96 valence electrons. The van der Waals surface area contributed by atoms with E-state index in [0.717, 1.165) is 28.2 Å². The van der Waals surface area contributed by atoms with Crippen LogP contribution < -0.4 is 9.47 Å². The maximum atomic E-state index is 5.76. The molecule has 1 aromatic carbocycles. The highest BCUT2D eigenvalue weighted by molar-refractivity contribution is 9.08. The molecular formula is C12H14BrN3O2. The number of aromatic nitrogens is 3. The van der Waals surface area contributed by atoms with Gasteiger partial charge >= 0.3 is 0 Å². The second-order valence-electron chi connectivity index (χ2n) is 3.70. The third-order valence-corrected chi connectivity index (χ3v) is 3.18. The fourth-order valence-corrected chi connectivity index (χ4v) is 1.96. The van der Waals surface area contributed by atoms with Crippen molar-refractivity contribution in [3.63, 3.8) is 0 Å². The molecule has 18 heavy (non-hydrogen) atoms. The lowest BCUT2D eigenvalue weighted by molar-refractivity contribution is 0.285. The molecule has 0 atom stereocenters. The minimum absolute atomic E-state index is 0.379. The van der Waals surface area contributed by atoms with Crippen LogP contribution in [0.4, 0.5) is 0 Å². The third-order valence-electron chi connectivity index (χ3n) is 2.58. The van der Waals surface area contributed by atoms with Gasteiger partial charge in [0, 0.05) is 24.0 Å². The predicted octanol–water partition coefficient (Wildman–Crippen LogP) is 2.30. The largest absolute Gasteiger partial charge is 0.497 e. The Bertz CT molecular complexity index is 528. The number of ether oxygens (including phenoxy) is 2. The first-order valence-electron chi connectivity index (χ1n) is 5.43. The Kier molecular flexibility index (Phi) is 4.19. The van der Waals surface area contributed by atoms with E-state index in [4.69, 9.17) is 9.47 Å². The van der Waals surface area contributed by atoms with Crippen LogP contribution in [0, 0.1) is 0 Å². The molecule has 1 heterocycles. The molecule has 0 spiro atoms. The third kappa shape index (κ3) is 2.81.